The lowest BCUT2D eigenvalue weighted by molar-refractivity contribution is 0.414. The van der Waals surface area contributed by atoms with Crippen LogP contribution in [0.5, 0.6) is 11.5 Å². The molecule has 0 unspecified atom stereocenters. The van der Waals surface area contributed by atoms with Crippen LogP contribution in [0.4, 0.5) is 10.1 Å². The first kappa shape index (κ1) is 18.2. The summed E-state index contributed by atoms with van der Waals surface area (Å²) in [7, 11) is 1.46. The molecule has 1 aliphatic heterocycles. The minimum Gasteiger partial charge on any atom is -0.505 e. The second kappa shape index (κ2) is 6.34. The molecule has 29 heavy (non-hydrogen) atoms. The number of nitrogens with two attached hydrogens (primary N) is 1. The zero-order valence-electron chi connectivity index (χ0n) is 15.7. The van der Waals surface area contributed by atoms with Crippen molar-refractivity contribution in [3.63, 3.8) is 0 Å². The Balaban J connectivity index is 1.95. The third-order valence-electron chi connectivity index (χ3n) is 5.74. The van der Waals surface area contributed by atoms with Crippen LogP contribution < -0.4 is 20.8 Å². The first-order chi connectivity index (χ1) is 14.0. The molecule has 2 aliphatic rings. The van der Waals surface area contributed by atoms with Gasteiger partial charge in [-0.2, -0.15) is 5.26 Å². The summed E-state index contributed by atoms with van der Waals surface area (Å²) in [5.41, 5.74) is 6.34. The molecule has 1 atom stereocenters. The molecule has 1 saturated heterocycles. The van der Waals surface area contributed by atoms with E-state index in [1.165, 1.54) is 13.2 Å². The van der Waals surface area contributed by atoms with Crippen LogP contribution in [0.3, 0.4) is 0 Å². The highest BCUT2D eigenvalue weighted by Gasteiger charge is 2.34. The highest BCUT2D eigenvalue weighted by Crippen LogP contribution is 2.48. The summed E-state index contributed by atoms with van der Waals surface area (Å²) in [4.78, 5) is 15.7. The predicted octanol–water partition coefficient (Wildman–Crippen LogP) is 2.81. The van der Waals surface area contributed by atoms with E-state index in [0.29, 0.717) is 34.9 Å². The number of benzene rings is 1. The fourth-order valence-corrected chi connectivity index (χ4v) is 5.34. The van der Waals surface area contributed by atoms with E-state index < -0.39 is 11.2 Å². The van der Waals surface area contributed by atoms with Crippen LogP contribution in [0.2, 0.25) is 0 Å². The predicted molar refractivity (Wildman–Crippen MR) is 110 cm³/mol. The van der Waals surface area contributed by atoms with Gasteiger partial charge in [-0.25, -0.2) is 4.39 Å². The fourth-order valence-electron chi connectivity index (χ4n) is 4.28. The Labute approximate surface area is 169 Å². The number of hydrogen-bond donors (Lipinski definition) is 2. The number of methoxy groups -OCH3 is 1. The zero-order chi connectivity index (χ0) is 20.4. The Morgan fingerprint density at radius 1 is 1.41 bits per heavy atom. The van der Waals surface area contributed by atoms with Gasteiger partial charge in [0, 0.05) is 25.2 Å². The molecule has 5 rings (SSSR count). The molecule has 0 amide bonds. The van der Waals surface area contributed by atoms with Gasteiger partial charge in [0.1, 0.15) is 26.9 Å². The summed E-state index contributed by atoms with van der Waals surface area (Å²) in [6.45, 7) is 1.11. The summed E-state index contributed by atoms with van der Waals surface area (Å²) in [5.74, 6) is -0.591. The lowest BCUT2D eigenvalue weighted by Gasteiger charge is -2.24. The number of aromatic hydroxyl groups is 1. The molecular weight excluding hydrogens is 395 g/mol. The van der Waals surface area contributed by atoms with Crippen molar-refractivity contribution in [2.45, 2.75) is 31.3 Å². The van der Waals surface area contributed by atoms with Crippen LogP contribution in [0.25, 0.3) is 21.1 Å². The molecule has 0 radical (unpaired) electrons. The van der Waals surface area contributed by atoms with E-state index >= 15 is 4.39 Å². The summed E-state index contributed by atoms with van der Waals surface area (Å²) in [6.07, 6.45) is 2.55. The summed E-state index contributed by atoms with van der Waals surface area (Å²) >= 11 is 1.08. The van der Waals surface area contributed by atoms with Gasteiger partial charge in [0.25, 0.3) is 0 Å². The zero-order valence-corrected chi connectivity index (χ0v) is 16.6. The van der Waals surface area contributed by atoms with Crippen molar-refractivity contribution in [1.29, 1.82) is 5.26 Å². The maximum Gasteiger partial charge on any atom is 0.202 e. The van der Waals surface area contributed by atoms with Crippen molar-refractivity contribution in [3.05, 3.63) is 27.0 Å². The molecule has 0 bridgehead atoms. The number of thiophene rings is 1. The standard InChI is InChI=1S/C20H19FN4O3S/c1-28-19-15-11(6-12(21)16(19)24-5-4-9(23)8-24)17(26)14-18(27)13(7-22)29-20(14)25(15)10-2-3-10/h6,9-10,27H,2-5,8,23H2,1H3/t9-/m0/s1. The van der Waals surface area contributed by atoms with Gasteiger partial charge in [-0.15, -0.1) is 11.3 Å². The largest absolute Gasteiger partial charge is 0.505 e. The monoisotopic (exact) mass is 414 g/mol. The Kier molecular flexibility index (Phi) is 3.98. The maximum atomic E-state index is 15.2. The number of pyridine rings is 1. The molecule has 3 aromatic rings. The van der Waals surface area contributed by atoms with Gasteiger partial charge in [-0.3, -0.25) is 4.79 Å². The normalized spacial score (nSPS) is 19.2. The molecule has 7 nitrogen and oxygen atoms in total. The molecule has 3 N–H and O–H groups in total. The van der Waals surface area contributed by atoms with Crippen LogP contribution in [-0.4, -0.2) is 35.9 Å². The first-order valence-electron chi connectivity index (χ1n) is 9.47. The van der Waals surface area contributed by atoms with E-state index in [0.717, 1.165) is 30.6 Å². The quantitative estimate of drug-likeness (QED) is 0.683. The van der Waals surface area contributed by atoms with Gasteiger partial charge < -0.3 is 25.0 Å². The number of nitrogens with zero attached hydrogens (tertiary/aromatic N) is 3. The third kappa shape index (κ3) is 2.52. The van der Waals surface area contributed by atoms with Crippen LogP contribution in [-0.2, 0) is 0 Å². The molecule has 3 heterocycles. The lowest BCUT2D eigenvalue weighted by Crippen LogP contribution is -2.27. The van der Waals surface area contributed by atoms with E-state index in [1.54, 1.807) is 0 Å². The molecule has 2 aromatic heterocycles. The molecule has 1 aliphatic carbocycles. The highest BCUT2D eigenvalue weighted by molar-refractivity contribution is 7.19. The molecular formula is C20H19FN4O3S. The fraction of sp³-hybridized carbons (Fsp3) is 0.400. The van der Waals surface area contributed by atoms with Crippen LogP contribution in [0.15, 0.2) is 10.9 Å². The van der Waals surface area contributed by atoms with Crippen molar-refractivity contribution in [2.24, 2.45) is 5.73 Å². The van der Waals surface area contributed by atoms with Crippen LogP contribution >= 0.6 is 11.3 Å². The molecule has 0 spiro atoms. The Morgan fingerprint density at radius 3 is 2.76 bits per heavy atom. The van der Waals surface area contributed by atoms with Crippen molar-refractivity contribution >= 4 is 38.1 Å². The number of hydrogen-bond acceptors (Lipinski definition) is 7. The highest BCUT2D eigenvalue weighted by atomic mass is 32.1. The van der Waals surface area contributed by atoms with Gasteiger partial charge in [0.2, 0.25) is 5.43 Å². The molecule has 1 saturated carbocycles. The van der Waals surface area contributed by atoms with Gasteiger partial charge >= 0.3 is 0 Å². The van der Waals surface area contributed by atoms with Gasteiger partial charge in [-0.05, 0) is 25.3 Å². The van der Waals surface area contributed by atoms with Crippen LogP contribution in [0.1, 0.15) is 30.2 Å². The minimum absolute atomic E-state index is 0.0460. The van der Waals surface area contributed by atoms with Crippen molar-refractivity contribution in [1.82, 2.24) is 4.57 Å². The number of ether oxygens (including phenoxy) is 1. The Bertz CT molecular complexity index is 1270. The van der Waals surface area contributed by atoms with E-state index in [1.807, 2.05) is 15.5 Å². The van der Waals surface area contributed by atoms with Crippen LogP contribution in [0, 0.1) is 17.1 Å². The topological polar surface area (TPSA) is 105 Å². The average Bonchev–Trinajstić information content (AvgIpc) is 3.36. The molecule has 1 aromatic carbocycles. The van der Waals surface area contributed by atoms with Gasteiger partial charge in [0.15, 0.2) is 17.3 Å². The summed E-state index contributed by atoms with van der Waals surface area (Å²) in [5, 5.41) is 20.0. The second-order valence-corrected chi connectivity index (χ2v) is 8.63. The van der Waals surface area contributed by atoms with Gasteiger partial charge in [-0.1, -0.05) is 0 Å². The van der Waals surface area contributed by atoms with Crippen molar-refractivity contribution in [2.75, 3.05) is 25.1 Å². The first-order valence-corrected chi connectivity index (χ1v) is 10.3. The number of fused-ring (bicyclic) bond motifs is 2. The van der Waals surface area contributed by atoms with E-state index in [2.05, 4.69) is 0 Å². The second-order valence-electron chi connectivity index (χ2n) is 7.63. The summed E-state index contributed by atoms with van der Waals surface area (Å²) < 4.78 is 22.8. The van der Waals surface area contributed by atoms with E-state index in [4.69, 9.17) is 10.5 Å². The Hall–Kier alpha value is -2.83. The minimum atomic E-state index is -0.558. The van der Waals surface area contributed by atoms with Crippen molar-refractivity contribution < 1.29 is 14.2 Å². The summed E-state index contributed by atoms with van der Waals surface area (Å²) in [6, 6.07) is 3.23. The number of anilines is 1. The smallest absolute Gasteiger partial charge is 0.202 e. The number of nitriles is 1. The van der Waals surface area contributed by atoms with Crippen molar-refractivity contribution in [3.8, 4) is 17.6 Å². The SMILES string of the molecule is COc1c(N2CC[C@H](N)C2)c(F)cc2c(=O)c3c(O)c(C#N)sc3n(C3CC3)c12. The number of aromatic nitrogens is 1. The average molecular weight is 414 g/mol. The van der Waals surface area contributed by atoms with Gasteiger partial charge in [0.05, 0.1) is 18.0 Å². The van der Waals surface area contributed by atoms with E-state index in [-0.39, 0.29) is 33.5 Å². The number of halogens is 1. The third-order valence-corrected chi connectivity index (χ3v) is 6.82. The lowest BCUT2D eigenvalue weighted by atomic mass is 10.1. The molecule has 2 fully saturated rings. The molecule has 9 heteroatoms. The maximum absolute atomic E-state index is 15.2. The molecule has 150 valence electrons. The van der Waals surface area contributed by atoms with E-state index in [9.17, 15) is 15.2 Å². The Morgan fingerprint density at radius 2 is 2.17 bits per heavy atom. The number of rotatable bonds is 3.